The highest BCUT2D eigenvalue weighted by Gasteiger charge is 2.29. The lowest BCUT2D eigenvalue weighted by molar-refractivity contribution is -0.125. The van der Waals surface area contributed by atoms with E-state index in [1.165, 1.54) is 0 Å². The highest BCUT2D eigenvalue weighted by atomic mass is 16.5. The maximum Gasteiger partial charge on any atom is 0.267 e. The summed E-state index contributed by atoms with van der Waals surface area (Å²) in [4.78, 5) is 26.1. The van der Waals surface area contributed by atoms with E-state index in [4.69, 9.17) is 9.47 Å². The van der Waals surface area contributed by atoms with Crippen LogP contribution in [0.4, 0.5) is 11.4 Å². The molecule has 0 saturated heterocycles. The Hall–Kier alpha value is -3.02. The molecule has 3 rings (SSSR count). The van der Waals surface area contributed by atoms with Crippen LogP contribution in [0, 0.1) is 0 Å². The van der Waals surface area contributed by atoms with E-state index in [0.29, 0.717) is 35.0 Å². The molecule has 0 fully saturated rings. The number of carbonyl (C=O) groups is 2. The van der Waals surface area contributed by atoms with Crippen LogP contribution in [0.15, 0.2) is 42.5 Å². The first-order chi connectivity index (χ1) is 12.5. The van der Waals surface area contributed by atoms with Crippen LogP contribution in [0.2, 0.25) is 0 Å². The number of amides is 2. The molecule has 0 spiro atoms. The van der Waals surface area contributed by atoms with Gasteiger partial charge < -0.3 is 19.7 Å². The summed E-state index contributed by atoms with van der Waals surface area (Å²) in [6.45, 7) is 4.35. The molecule has 0 radical (unpaired) electrons. The molecule has 1 N–H and O–H groups in total. The second-order valence-electron chi connectivity index (χ2n) is 6.17. The van der Waals surface area contributed by atoms with Crippen LogP contribution in [0.1, 0.15) is 30.6 Å². The van der Waals surface area contributed by atoms with Crippen LogP contribution < -0.4 is 19.7 Å². The van der Waals surface area contributed by atoms with E-state index < -0.39 is 6.10 Å². The summed E-state index contributed by atoms with van der Waals surface area (Å²) in [5.41, 5.74) is 1.72. The van der Waals surface area contributed by atoms with Crippen LogP contribution in [0.5, 0.6) is 11.5 Å². The van der Waals surface area contributed by atoms with Gasteiger partial charge in [0.05, 0.1) is 12.3 Å². The zero-order valence-electron chi connectivity index (χ0n) is 15.1. The van der Waals surface area contributed by atoms with Gasteiger partial charge in [0.15, 0.2) is 6.10 Å². The molecular formula is C20H22N2O4. The number of hydrogen-bond acceptors (Lipinski definition) is 4. The summed E-state index contributed by atoms with van der Waals surface area (Å²) in [5.74, 6) is 0.915. The molecule has 1 aliphatic rings. The van der Waals surface area contributed by atoms with Gasteiger partial charge in [-0.15, -0.1) is 0 Å². The van der Waals surface area contributed by atoms with E-state index in [-0.39, 0.29) is 11.8 Å². The number of hydrogen-bond donors (Lipinski definition) is 1. The number of nitrogens with one attached hydrogen (secondary N) is 1. The molecule has 1 atom stereocenters. The average Bonchev–Trinajstić information content (AvgIpc) is 2.65. The van der Waals surface area contributed by atoms with Crippen LogP contribution in [-0.2, 0) is 4.79 Å². The number of likely N-dealkylation sites (N-methyl/N-ethyl adjacent to an activating group) is 1. The normalized spacial score (nSPS) is 15.9. The first-order valence-electron chi connectivity index (χ1n) is 8.62. The summed E-state index contributed by atoms with van der Waals surface area (Å²) in [6.07, 6.45) is 0.386. The summed E-state index contributed by atoms with van der Waals surface area (Å²) in [7, 11) is 1.69. The Bertz CT molecular complexity index is 834. The van der Waals surface area contributed by atoms with E-state index >= 15 is 0 Å². The molecular weight excluding hydrogens is 332 g/mol. The standard InChI is InChI=1S/C20H22N2O4/c1-4-10-25-16-7-5-6-14(11-16)19(23)21-15-8-9-18-17(12-15)22(3)20(24)13(2)26-18/h5-9,11-13H,4,10H2,1-3H3,(H,21,23)/t13-/m1/s1. The molecule has 0 aromatic heterocycles. The smallest absolute Gasteiger partial charge is 0.267 e. The molecule has 0 saturated carbocycles. The number of benzene rings is 2. The maximum atomic E-state index is 12.5. The zero-order valence-corrected chi connectivity index (χ0v) is 15.1. The summed E-state index contributed by atoms with van der Waals surface area (Å²) in [5, 5.41) is 2.85. The molecule has 2 aromatic carbocycles. The lowest BCUT2D eigenvalue weighted by atomic mass is 10.1. The van der Waals surface area contributed by atoms with Crippen molar-refractivity contribution in [2.75, 3.05) is 23.9 Å². The van der Waals surface area contributed by atoms with Gasteiger partial charge in [0.1, 0.15) is 11.5 Å². The molecule has 1 aliphatic heterocycles. The van der Waals surface area contributed by atoms with Crippen LogP contribution in [0.3, 0.4) is 0 Å². The van der Waals surface area contributed by atoms with Gasteiger partial charge in [0.2, 0.25) is 0 Å². The fraction of sp³-hybridized carbons (Fsp3) is 0.300. The van der Waals surface area contributed by atoms with Crippen molar-refractivity contribution in [1.29, 1.82) is 0 Å². The lowest BCUT2D eigenvalue weighted by Crippen LogP contribution is -2.41. The third-order valence-corrected chi connectivity index (χ3v) is 4.13. The zero-order chi connectivity index (χ0) is 18.7. The van der Waals surface area contributed by atoms with Crippen molar-refractivity contribution in [2.45, 2.75) is 26.4 Å². The van der Waals surface area contributed by atoms with Gasteiger partial charge in [-0.05, 0) is 49.7 Å². The van der Waals surface area contributed by atoms with E-state index in [0.717, 1.165) is 6.42 Å². The number of rotatable bonds is 5. The van der Waals surface area contributed by atoms with Gasteiger partial charge in [-0.3, -0.25) is 9.59 Å². The van der Waals surface area contributed by atoms with Crippen LogP contribution in [0.25, 0.3) is 0 Å². The highest BCUT2D eigenvalue weighted by Crippen LogP contribution is 2.35. The molecule has 136 valence electrons. The lowest BCUT2D eigenvalue weighted by Gasteiger charge is -2.30. The Morgan fingerprint density at radius 1 is 1.27 bits per heavy atom. The van der Waals surface area contributed by atoms with Gasteiger partial charge in [-0.25, -0.2) is 0 Å². The van der Waals surface area contributed by atoms with E-state index in [1.807, 2.05) is 13.0 Å². The minimum Gasteiger partial charge on any atom is -0.494 e. The SMILES string of the molecule is CCCOc1cccc(C(=O)Nc2ccc3c(c2)N(C)C(=O)[C@@H](C)O3)c1. The molecule has 1 heterocycles. The minimum absolute atomic E-state index is 0.123. The van der Waals surface area contributed by atoms with Crippen molar-refractivity contribution >= 4 is 23.2 Å². The Kier molecular flexibility index (Phi) is 5.11. The van der Waals surface area contributed by atoms with Gasteiger partial charge in [-0.1, -0.05) is 13.0 Å². The van der Waals surface area contributed by atoms with Gasteiger partial charge in [0, 0.05) is 18.3 Å². The molecule has 0 unspecified atom stereocenters. The third-order valence-electron chi connectivity index (χ3n) is 4.13. The highest BCUT2D eigenvalue weighted by molar-refractivity contribution is 6.05. The quantitative estimate of drug-likeness (QED) is 0.893. The van der Waals surface area contributed by atoms with Crippen LogP contribution in [-0.4, -0.2) is 31.6 Å². The summed E-state index contributed by atoms with van der Waals surface area (Å²) in [6, 6.07) is 12.3. The van der Waals surface area contributed by atoms with E-state index in [2.05, 4.69) is 5.32 Å². The molecule has 0 bridgehead atoms. The number of carbonyl (C=O) groups excluding carboxylic acids is 2. The Morgan fingerprint density at radius 2 is 2.08 bits per heavy atom. The molecule has 6 nitrogen and oxygen atoms in total. The second-order valence-corrected chi connectivity index (χ2v) is 6.17. The second kappa shape index (κ2) is 7.47. The first kappa shape index (κ1) is 17.8. The number of nitrogens with zero attached hydrogens (tertiary/aromatic N) is 1. The van der Waals surface area contributed by atoms with Gasteiger partial charge in [-0.2, -0.15) is 0 Å². The number of ether oxygens (including phenoxy) is 2. The number of anilines is 2. The fourth-order valence-corrected chi connectivity index (χ4v) is 2.74. The summed E-state index contributed by atoms with van der Waals surface area (Å²) < 4.78 is 11.2. The first-order valence-corrected chi connectivity index (χ1v) is 8.62. The Labute approximate surface area is 152 Å². The average molecular weight is 354 g/mol. The van der Waals surface area contributed by atoms with E-state index in [9.17, 15) is 9.59 Å². The Balaban J connectivity index is 1.77. The van der Waals surface area contributed by atoms with Crippen molar-refractivity contribution < 1.29 is 19.1 Å². The largest absolute Gasteiger partial charge is 0.494 e. The topological polar surface area (TPSA) is 67.9 Å². The minimum atomic E-state index is -0.515. The molecule has 0 aliphatic carbocycles. The maximum absolute atomic E-state index is 12.5. The van der Waals surface area contributed by atoms with Crippen molar-refractivity contribution in [3.05, 3.63) is 48.0 Å². The molecule has 2 aromatic rings. The van der Waals surface area contributed by atoms with Gasteiger partial charge >= 0.3 is 0 Å². The molecule has 6 heteroatoms. The fourth-order valence-electron chi connectivity index (χ4n) is 2.74. The molecule has 26 heavy (non-hydrogen) atoms. The monoisotopic (exact) mass is 354 g/mol. The predicted molar refractivity (Wildman–Crippen MR) is 100 cm³/mol. The van der Waals surface area contributed by atoms with Crippen molar-refractivity contribution in [1.82, 2.24) is 0 Å². The van der Waals surface area contributed by atoms with Crippen molar-refractivity contribution in [2.24, 2.45) is 0 Å². The molecule has 2 amide bonds. The third kappa shape index (κ3) is 3.64. The number of fused-ring (bicyclic) bond motifs is 1. The van der Waals surface area contributed by atoms with Crippen molar-refractivity contribution in [3.63, 3.8) is 0 Å². The summed E-state index contributed by atoms with van der Waals surface area (Å²) >= 11 is 0. The predicted octanol–water partition coefficient (Wildman–Crippen LogP) is 3.47. The van der Waals surface area contributed by atoms with Gasteiger partial charge in [0.25, 0.3) is 11.8 Å². The van der Waals surface area contributed by atoms with Crippen LogP contribution >= 0.6 is 0 Å². The van der Waals surface area contributed by atoms with E-state index in [1.54, 1.807) is 55.3 Å². The van der Waals surface area contributed by atoms with Crippen molar-refractivity contribution in [3.8, 4) is 11.5 Å². The Morgan fingerprint density at radius 3 is 2.85 bits per heavy atom.